The Labute approximate surface area is 309 Å². The van der Waals surface area contributed by atoms with Gasteiger partial charge >= 0.3 is 35.5 Å². The Kier molecular flexibility index (Phi) is 26.0. The number of halogens is 6. The topological polar surface area (TPSA) is 84.9 Å². The average molecular weight is 833 g/mol. The molecule has 4 aromatic rings. The number of carboxylic acid groups (broad SMARTS) is 1. The minimum atomic E-state index is -1.08. The zero-order valence-electron chi connectivity index (χ0n) is 23.2. The molecule has 45 heavy (non-hydrogen) atoms. The zero-order chi connectivity index (χ0) is 30.4. The molecule has 0 unspecified atom stereocenters. The van der Waals surface area contributed by atoms with Gasteiger partial charge in [0.1, 0.15) is 41.2 Å². The molecule has 0 saturated heterocycles. The van der Waals surface area contributed by atoms with Gasteiger partial charge in [0, 0.05) is 32.7 Å². The molecule has 0 aliphatic heterocycles. The van der Waals surface area contributed by atoms with Crippen LogP contribution in [0.1, 0.15) is 39.8 Å². The van der Waals surface area contributed by atoms with Crippen LogP contribution in [0.15, 0.2) is 93.9 Å². The summed E-state index contributed by atoms with van der Waals surface area (Å²) < 4.78 is 43.6. The van der Waals surface area contributed by atoms with Gasteiger partial charge in [0.05, 0.1) is 0 Å². The Morgan fingerprint density at radius 2 is 1.02 bits per heavy atom. The second-order valence-corrected chi connectivity index (χ2v) is 10.3. The molecule has 0 amide bonds. The molecule has 0 aliphatic rings. The molecule has 6 nitrogen and oxygen atoms in total. The van der Waals surface area contributed by atoms with Gasteiger partial charge in [0.2, 0.25) is 0 Å². The number of carboxylic acids is 1. The van der Waals surface area contributed by atoms with Crippen LogP contribution in [-0.4, -0.2) is 11.9 Å². The molecule has 240 valence electrons. The van der Waals surface area contributed by atoms with E-state index in [0.29, 0.717) is 17.2 Å². The summed E-state index contributed by atoms with van der Waals surface area (Å²) in [6.07, 6.45) is 0. The zero-order valence-corrected chi connectivity index (χ0v) is 30.0. The predicted octanol–water partition coefficient (Wildman–Crippen LogP) is 6.90. The second-order valence-electron chi connectivity index (χ2n) is 8.02. The van der Waals surface area contributed by atoms with Gasteiger partial charge in [-0.3, -0.25) is 9.50 Å². The normalized spacial score (nSPS) is 8.96. The summed E-state index contributed by atoms with van der Waals surface area (Å²) in [5, 5.41) is 9.63. The van der Waals surface area contributed by atoms with Gasteiger partial charge in [-0.15, -0.1) is 0 Å². The molecule has 0 spiro atoms. The second kappa shape index (κ2) is 24.8. The number of carbonyl (C=O) groups is 2. The SMILES string of the molecule is C.C.CC(=O)OCc1cc(Oc2ccc(F)cc2)ccc1Br.CC(=O)[O-].F.Fc1ccc(Oc2ccc(Br)c(CBr)c2)cc1.[Na+]. The fourth-order valence-corrected chi connectivity index (χ4v) is 4.49. The minimum Gasteiger partial charge on any atom is -0.550 e. The fourth-order valence-electron chi connectivity index (χ4n) is 2.90. The third-order valence-electron chi connectivity index (χ3n) is 4.71. The van der Waals surface area contributed by atoms with Crippen molar-refractivity contribution in [3.05, 3.63) is 117 Å². The van der Waals surface area contributed by atoms with Crippen LogP contribution in [0.5, 0.6) is 23.0 Å². The number of esters is 1. The molecule has 0 saturated carbocycles. The number of benzene rings is 4. The summed E-state index contributed by atoms with van der Waals surface area (Å²) >= 11 is 10.2. The quantitative estimate of drug-likeness (QED) is 0.115. The van der Waals surface area contributed by atoms with Crippen molar-refractivity contribution in [2.75, 3.05) is 0 Å². The molecule has 4 aromatic carbocycles. The van der Waals surface area contributed by atoms with E-state index in [2.05, 4.69) is 47.8 Å². The van der Waals surface area contributed by atoms with E-state index in [1.807, 2.05) is 18.2 Å². The molecule has 0 radical (unpaired) electrons. The van der Waals surface area contributed by atoms with Gasteiger partial charge in [0.25, 0.3) is 0 Å². The predicted molar refractivity (Wildman–Crippen MR) is 176 cm³/mol. The van der Waals surface area contributed by atoms with Gasteiger partial charge in [-0.05, 0) is 97.4 Å². The van der Waals surface area contributed by atoms with Crippen LogP contribution >= 0.6 is 47.8 Å². The average Bonchev–Trinajstić information content (AvgIpc) is 2.92. The van der Waals surface area contributed by atoms with Crippen LogP contribution in [-0.2, 0) is 26.3 Å². The van der Waals surface area contributed by atoms with E-state index in [9.17, 15) is 13.6 Å². The van der Waals surface area contributed by atoms with Crippen molar-refractivity contribution in [1.82, 2.24) is 0 Å². The Balaban J connectivity index is -0.000000654. The smallest absolute Gasteiger partial charge is 0.550 e. The van der Waals surface area contributed by atoms with Crippen LogP contribution < -0.4 is 44.1 Å². The van der Waals surface area contributed by atoms with E-state index in [0.717, 1.165) is 38.1 Å². The Bertz CT molecular complexity index is 1440. The fraction of sp³-hybridized carbons (Fsp3) is 0.188. The maximum absolute atomic E-state index is 12.8. The van der Waals surface area contributed by atoms with Crippen LogP contribution in [0.3, 0.4) is 0 Å². The van der Waals surface area contributed by atoms with E-state index in [4.69, 9.17) is 24.1 Å². The molecule has 0 aliphatic carbocycles. The molecular weight excluding hydrogens is 800 g/mol. The van der Waals surface area contributed by atoms with E-state index >= 15 is 0 Å². The first kappa shape index (κ1) is 47.1. The maximum atomic E-state index is 12.8. The third-order valence-corrected chi connectivity index (χ3v) is 6.86. The summed E-state index contributed by atoms with van der Waals surface area (Å²) in [5.41, 5.74) is 1.89. The molecule has 0 fully saturated rings. The van der Waals surface area contributed by atoms with Gasteiger partial charge in [-0.25, -0.2) is 8.78 Å². The van der Waals surface area contributed by atoms with E-state index < -0.39 is 5.97 Å². The maximum Gasteiger partial charge on any atom is 1.00 e. The number of carbonyl (C=O) groups excluding carboxylic acids is 2. The summed E-state index contributed by atoms with van der Waals surface area (Å²) in [6, 6.07) is 22.7. The monoisotopic (exact) mass is 830 g/mol. The van der Waals surface area contributed by atoms with Crippen molar-refractivity contribution in [2.45, 2.75) is 40.6 Å². The van der Waals surface area contributed by atoms with E-state index in [-0.39, 0.29) is 73.3 Å². The van der Waals surface area contributed by atoms with Crippen molar-refractivity contribution in [2.24, 2.45) is 0 Å². The van der Waals surface area contributed by atoms with Gasteiger partial charge < -0.3 is 24.1 Å². The molecule has 0 heterocycles. The van der Waals surface area contributed by atoms with Crippen molar-refractivity contribution >= 4 is 59.7 Å². The first-order valence-electron chi connectivity index (χ1n) is 11.8. The van der Waals surface area contributed by atoms with E-state index in [1.165, 1.54) is 31.2 Å². The van der Waals surface area contributed by atoms with Crippen LogP contribution in [0.25, 0.3) is 0 Å². The molecule has 0 bridgehead atoms. The molecule has 0 aromatic heterocycles. The number of hydrogen-bond acceptors (Lipinski definition) is 6. The molecule has 0 N–H and O–H groups in total. The largest absolute Gasteiger partial charge is 1.00 e. The standard InChI is InChI=1S/C15H12BrFO3.C13H9Br2FO.C2H4O2.2CH4.FH.Na/c1-10(18)19-9-11-8-14(6-7-15(11)16)20-13-4-2-12(17)3-5-13;14-8-9-7-12(5-6-13(9)15)17-11-3-1-10(16)2-4-11;1-2(3)4;;;;/h2-8H,9H2,1H3;1-7H,8H2;1H3,(H,3,4);2*1H4;1H;/q;;;;;;+1/p-1. The number of alkyl halides is 1. The van der Waals surface area contributed by atoms with Gasteiger partial charge in [0.15, 0.2) is 0 Å². The summed E-state index contributed by atoms with van der Waals surface area (Å²) in [6.45, 7) is 2.49. The summed E-state index contributed by atoms with van der Waals surface area (Å²) in [7, 11) is 0. The summed E-state index contributed by atoms with van der Waals surface area (Å²) in [4.78, 5) is 19.7. The van der Waals surface area contributed by atoms with Crippen molar-refractivity contribution in [3.8, 4) is 23.0 Å². The number of aliphatic carboxylic acids is 1. The van der Waals surface area contributed by atoms with Gasteiger partial charge in [-0.2, -0.15) is 0 Å². The number of rotatable bonds is 7. The number of ether oxygens (including phenoxy) is 3. The Morgan fingerprint density at radius 3 is 1.38 bits per heavy atom. The van der Waals surface area contributed by atoms with Crippen molar-refractivity contribution < 1.29 is 71.9 Å². The molecule has 4 rings (SSSR count). The van der Waals surface area contributed by atoms with Crippen LogP contribution in [0.4, 0.5) is 13.5 Å². The minimum absolute atomic E-state index is 0. The summed E-state index contributed by atoms with van der Waals surface area (Å²) in [5.74, 6) is 0.456. The molecule has 0 atom stereocenters. The van der Waals surface area contributed by atoms with Crippen LogP contribution in [0.2, 0.25) is 0 Å². The number of hydrogen-bond donors (Lipinski definition) is 0. The first-order chi connectivity index (χ1) is 19.5. The van der Waals surface area contributed by atoms with Crippen molar-refractivity contribution in [3.63, 3.8) is 0 Å². The van der Waals surface area contributed by atoms with Crippen molar-refractivity contribution in [1.29, 1.82) is 0 Å². The Hall–Kier alpha value is -2.35. The third kappa shape index (κ3) is 19.0. The Morgan fingerprint density at radius 1 is 0.689 bits per heavy atom. The van der Waals surface area contributed by atoms with Gasteiger partial charge in [-0.1, -0.05) is 62.6 Å². The first-order valence-corrected chi connectivity index (χ1v) is 14.5. The molecule has 13 heteroatoms. The van der Waals surface area contributed by atoms with E-state index in [1.54, 1.807) is 42.5 Å². The van der Waals surface area contributed by atoms with Crippen LogP contribution in [0, 0.1) is 11.6 Å². The molecular formula is C32H33Br3F3NaO6.